The first-order valence-corrected chi connectivity index (χ1v) is 11.5. The largest absolute Gasteiger partial charge is 0.417 e. The molecule has 0 saturated heterocycles. The number of alkyl halides is 3. The number of hydrogen-bond acceptors (Lipinski definition) is 5. The zero-order chi connectivity index (χ0) is 27.2. The summed E-state index contributed by atoms with van der Waals surface area (Å²) in [6.07, 6.45) is -4.10. The summed E-state index contributed by atoms with van der Waals surface area (Å²) in [5.74, 6) is -0.900. The summed E-state index contributed by atoms with van der Waals surface area (Å²) < 4.78 is 39.9. The molecular weight excluding hydrogens is 481 g/mol. The number of carbonyl (C=O) groups excluding carboxylic acids is 1. The average Bonchev–Trinajstić information content (AvgIpc) is 2.88. The first-order valence-electron chi connectivity index (χ1n) is 11.5. The SMILES string of the molecule is CCCN(C[C@](C)(O)C(=O)Nc1ccc(C#N)c(C(F)(F)F)c1)c1ccc(C#N)c(-c2ccccc2)c1. The lowest BCUT2D eigenvalue weighted by Crippen LogP contribution is -2.50. The van der Waals surface area contributed by atoms with Gasteiger partial charge in [0.25, 0.3) is 5.91 Å². The maximum absolute atomic E-state index is 13.3. The van der Waals surface area contributed by atoms with Gasteiger partial charge in [0, 0.05) is 23.5 Å². The fraction of sp³-hybridized carbons (Fsp3) is 0.250. The standard InChI is InChI=1S/C28H25F3N4O2/c1-3-13-35(23-12-10-20(16-32)24(15-23)19-7-5-4-6-8-19)18-27(2,37)26(36)34-22-11-9-21(17-33)25(14-22)28(29,30)31/h4-12,14-15,37H,3,13,18H2,1-2H3,(H,34,36)/t27-/m0/s1. The number of benzene rings is 3. The fourth-order valence-electron chi connectivity index (χ4n) is 3.92. The van der Waals surface area contributed by atoms with Crippen LogP contribution >= 0.6 is 0 Å². The summed E-state index contributed by atoms with van der Waals surface area (Å²) in [6.45, 7) is 3.52. The van der Waals surface area contributed by atoms with Crippen molar-refractivity contribution in [3.63, 3.8) is 0 Å². The predicted molar refractivity (Wildman–Crippen MR) is 135 cm³/mol. The predicted octanol–water partition coefficient (Wildman–Crippen LogP) is 5.72. The van der Waals surface area contributed by atoms with Crippen molar-refractivity contribution in [3.05, 3.63) is 83.4 Å². The average molecular weight is 507 g/mol. The Morgan fingerprint density at radius 2 is 1.65 bits per heavy atom. The van der Waals surface area contributed by atoms with Gasteiger partial charge in [0.2, 0.25) is 0 Å². The van der Waals surface area contributed by atoms with Gasteiger partial charge in [-0.2, -0.15) is 23.7 Å². The van der Waals surface area contributed by atoms with Crippen LogP contribution in [0.4, 0.5) is 24.5 Å². The van der Waals surface area contributed by atoms with Gasteiger partial charge < -0.3 is 15.3 Å². The van der Waals surface area contributed by atoms with Crippen LogP contribution in [-0.4, -0.2) is 29.7 Å². The topological polar surface area (TPSA) is 100 Å². The van der Waals surface area contributed by atoms with Gasteiger partial charge in [-0.25, -0.2) is 0 Å². The van der Waals surface area contributed by atoms with E-state index < -0.39 is 28.8 Å². The highest BCUT2D eigenvalue weighted by molar-refractivity contribution is 5.97. The van der Waals surface area contributed by atoms with Gasteiger partial charge in [-0.3, -0.25) is 4.79 Å². The van der Waals surface area contributed by atoms with Crippen LogP contribution in [0.1, 0.15) is 37.0 Å². The number of aliphatic hydroxyl groups is 1. The van der Waals surface area contributed by atoms with Crippen molar-refractivity contribution in [3.8, 4) is 23.3 Å². The quantitative estimate of drug-likeness (QED) is 0.407. The molecule has 190 valence electrons. The molecule has 3 rings (SSSR count). The number of carbonyl (C=O) groups is 1. The maximum atomic E-state index is 13.3. The molecule has 1 atom stereocenters. The fourth-order valence-corrected chi connectivity index (χ4v) is 3.92. The molecule has 0 radical (unpaired) electrons. The van der Waals surface area contributed by atoms with Crippen molar-refractivity contribution in [1.82, 2.24) is 0 Å². The van der Waals surface area contributed by atoms with Gasteiger partial charge >= 0.3 is 6.18 Å². The van der Waals surface area contributed by atoms with Gasteiger partial charge in [0.05, 0.1) is 35.4 Å². The van der Waals surface area contributed by atoms with Gasteiger partial charge in [-0.15, -0.1) is 0 Å². The number of halogens is 3. The highest BCUT2D eigenvalue weighted by Gasteiger charge is 2.36. The van der Waals surface area contributed by atoms with Crippen molar-refractivity contribution >= 4 is 17.3 Å². The van der Waals surface area contributed by atoms with E-state index in [0.29, 0.717) is 35.8 Å². The summed E-state index contributed by atoms with van der Waals surface area (Å²) in [5.41, 5.74) is -1.24. The maximum Gasteiger partial charge on any atom is 0.417 e. The third-order valence-electron chi connectivity index (χ3n) is 5.76. The van der Waals surface area contributed by atoms with Crippen LogP contribution in [0.15, 0.2) is 66.7 Å². The second-order valence-electron chi connectivity index (χ2n) is 8.73. The monoisotopic (exact) mass is 506 g/mol. The first-order chi connectivity index (χ1) is 17.5. The first kappa shape index (κ1) is 27.3. The zero-order valence-electron chi connectivity index (χ0n) is 20.3. The van der Waals surface area contributed by atoms with E-state index in [-0.39, 0.29) is 12.2 Å². The van der Waals surface area contributed by atoms with E-state index in [1.807, 2.05) is 43.3 Å². The number of amides is 1. The molecule has 1 amide bonds. The third kappa shape index (κ3) is 6.46. The molecule has 3 aromatic carbocycles. The summed E-state index contributed by atoms with van der Waals surface area (Å²) in [5, 5.41) is 31.9. The molecule has 0 aliphatic rings. The van der Waals surface area contributed by atoms with Gasteiger partial charge in [0.15, 0.2) is 5.60 Å². The van der Waals surface area contributed by atoms with Crippen LogP contribution in [-0.2, 0) is 11.0 Å². The van der Waals surface area contributed by atoms with E-state index in [1.54, 1.807) is 17.0 Å². The number of nitriles is 2. The van der Waals surface area contributed by atoms with Crippen LogP contribution in [0.5, 0.6) is 0 Å². The van der Waals surface area contributed by atoms with Crippen LogP contribution < -0.4 is 10.2 Å². The highest BCUT2D eigenvalue weighted by Crippen LogP contribution is 2.34. The third-order valence-corrected chi connectivity index (χ3v) is 5.76. The van der Waals surface area contributed by atoms with E-state index in [2.05, 4.69) is 11.4 Å². The Balaban J connectivity index is 1.88. The molecule has 3 aromatic rings. The molecule has 6 nitrogen and oxygen atoms in total. The Labute approximate surface area is 213 Å². The molecule has 0 unspecified atom stereocenters. The van der Waals surface area contributed by atoms with Crippen LogP contribution in [0.3, 0.4) is 0 Å². The minimum atomic E-state index is -4.78. The molecule has 0 saturated carbocycles. The van der Waals surface area contributed by atoms with Crippen LogP contribution in [0.2, 0.25) is 0 Å². The molecular formula is C28H25F3N4O2. The summed E-state index contributed by atoms with van der Waals surface area (Å²) in [6, 6.07) is 21.0. The van der Waals surface area contributed by atoms with E-state index >= 15 is 0 Å². The Morgan fingerprint density at radius 1 is 1.00 bits per heavy atom. The van der Waals surface area contributed by atoms with E-state index in [4.69, 9.17) is 5.26 Å². The van der Waals surface area contributed by atoms with E-state index in [0.717, 1.165) is 11.6 Å². The Kier molecular flexibility index (Phi) is 8.21. The number of nitrogens with one attached hydrogen (secondary N) is 1. The van der Waals surface area contributed by atoms with Crippen molar-refractivity contribution in [2.75, 3.05) is 23.3 Å². The smallest absolute Gasteiger partial charge is 0.378 e. The Bertz CT molecular complexity index is 1360. The van der Waals surface area contributed by atoms with Crippen molar-refractivity contribution in [2.24, 2.45) is 0 Å². The number of anilines is 2. The summed E-state index contributed by atoms with van der Waals surface area (Å²) >= 11 is 0. The molecule has 0 aliphatic heterocycles. The molecule has 0 aromatic heterocycles. The molecule has 9 heteroatoms. The minimum absolute atomic E-state index is 0.158. The minimum Gasteiger partial charge on any atom is -0.378 e. The summed E-state index contributed by atoms with van der Waals surface area (Å²) in [4.78, 5) is 14.7. The van der Waals surface area contributed by atoms with Gasteiger partial charge in [-0.1, -0.05) is 37.3 Å². The van der Waals surface area contributed by atoms with Gasteiger partial charge in [-0.05, 0) is 55.3 Å². The number of rotatable bonds is 8. The molecule has 0 fully saturated rings. The van der Waals surface area contributed by atoms with Gasteiger partial charge in [0.1, 0.15) is 0 Å². The van der Waals surface area contributed by atoms with E-state index in [9.17, 15) is 28.3 Å². The second-order valence-corrected chi connectivity index (χ2v) is 8.73. The van der Waals surface area contributed by atoms with Crippen molar-refractivity contribution in [2.45, 2.75) is 32.0 Å². The lowest BCUT2D eigenvalue weighted by Gasteiger charge is -2.32. The molecule has 0 heterocycles. The van der Waals surface area contributed by atoms with E-state index in [1.165, 1.54) is 19.1 Å². The zero-order valence-corrected chi connectivity index (χ0v) is 20.3. The van der Waals surface area contributed by atoms with Crippen molar-refractivity contribution in [1.29, 1.82) is 10.5 Å². The normalized spacial score (nSPS) is 12.6. The molecule has 37 heavy (non-hydrogen) atoms. The van der Waals surface area contributed by atoms with Crippen molar-refractivity contribution < 1.29 is 23.1 Å². The molecule has 0 spiro atoms. The Morgan fingerprint density at radius 3 is 2.24 bits per heavy atom. The lowest BCUT2D eigenvalue weighted by atomic mass is 9.98. The molecule has 0 aliphatic carbocycles. The number of nitrogens with zero attached hydrogens (tertiary/aromatic N) is 3. The molecule has 2 N–H and O–H groups in total. The lowest BCUT2D eigenvalue weighted by molar-refractivity contribution is -0.138. The summed E-state index contributed by atoms with van der Waals surface area (Å²) in [7, 11) is 0. The number of hydrogen-bond donors (Lipinski definition) is 2. The Hall–Kier alpha value is -4.34. The second kappa shape index (κ2) is 11.2. The highest BCUT2D eigenvalue weighted by atomic mass is 19.4. The molecule has 0 bridgehead atoms. The van der Waals surface area contributed by atoms with Crippen LogP contribution in [0, 0.1) is 22.7 Å². The van der Waals surface area contributed by atoms with Crippen LogP contribution in [0.25, 0.3) is 11.1 Å².